The zero-order valence-corrected chi connectivity index (χ0v) is 10.0. The molecule has 0 heterocycles. The van der Waals surface area contributed by atoms with E-state index in [4.69, 9.17) is 10.8 Å². The van der Waals surface area contributed by atoms with Crippen molar-refractivity contribution < 1.29 is 22.3 Å². The number of nitrogen functional groups attached to an aromatic ring is 1. The molecule has 1 saturated carbocycles. The molecule has 0 spiro atoms. The lowest BCUT2D eigenvalue weighted by Gasteiger charge is -2.31. The minimum atomic E-state index is -4.10. The first-order valence-corrected chi connectivity index (χ1v) is 6.73. The van der Waals surface area contributed by atoms with Crippen molar-refractivity contribution in [2.24, 2.45) is 0 Å². The molecule has 8 heteroatoms. The number of nitrogens with two attached hydrogens (primary N) is 1. The van der Waals surface area contributed by atoms with E-state index < -0.39 is 44.4 Å². The van der Waals surface area contributed by atoms with Gasteiger partial charge in [0.1, 0.15) is 16.4 Å². The third kappa shape index (κ3) is 2.31. The zero-order valence-electron chi connectivity index (χ0n) is 9.23. The Morgan fingerprint density at radius 2 is 1.94 bits per heavy atom. The standard InChI is InChI=1S/C10H12F2N2O3S/c11-7-1-2-8(9(12)10(7)13)18(16,17)14-5-3-6(15)4-5/h1-2,5-6,14-15H,3-4,13H2. The molecule has 0 aliphatic heterocycles. The molecule has 0 aromatic heterocycles. The molecule has 0 unspecified atom stereocenters. The zero-order chi connectivity index (χ0) is 13.5. The molecule has 2 rings (SSSR count). The van der Waals surface area contributed by atoms with E-state index in [2.05, 4.69) is 4.72 Å². The summed E-state index contributed by atoms with van der Waals surface area (Å²) in [6, 6.07) is 1.18. The van der Waals surface area contributed by atoms with Gasteiger partial charge in [-0.1, -0.05) is 0 Å². The fourth-order valence-electron chi connectivity index (χ4n) is 1.72. The van der Waals surface area contributed by atoms with E-state index in [1.165, 1.54) is 0 Å². The van der Waals surface area contributed by atoms with E-state index in [-0.39, 0.29) is 12.8 Å². The number of aliphatic hydroxyl groups excluding tert-OH is 1. The normalized spacial score (nSPS) is 23.7. The quantitative estimate of drug-likeness (QED) is 0.696. The van der Waals surface area contributed by atoms with Crippen LogP contribution in [0, 0.1) is 11.6 Å². The number of benzene rings is 1. The number of rotatable bonds is 3. The summed E-state index contributed by atoms with van der Waals surface area (Å²) < 4.78 is 52.4. The summed E-state index contributed by atoms with van der Waals surface area (Å²) in [6.07, 6.45) is 0.00975. The van der Waals surface area contributed by atoms with Gasteiger partial charge in [-0.05, 0) is 25.0 Å². The van der Waals surface area contributed by atoms with Crippen molar-refractivity contribution in [3.63, 3.8) is 0 Å². The Morgan fingerprint density at radius 3 is 2.50 bits per heavy atom. The number of hydrogen-bond acceptors (Lipinski definition) is 4. The van der Waals surface area contributed by atoms with Crippen molar-refractivity contribution in [3.8, 4) is 0 Å². The third-order valence-electron chi connectivity index (χ3n) is 2.82. The number of aliphatic hydroxyl groups is 1. The lowest BCUT2D eigenvalue weighted by molar-refractivity contribution is 0.0712. The Hall–Kier alpha value is -1.25. The Kier molecular flexibility index (Phi) is 3.26. The highest BCUT2D eigenvalue weighted by molar-refractivity contribution is 7.89. The Morgan fingerprint density at radius 1 is 1.33 bits per heavy atom. The predicted octanol–water partition coefficient (Wildman–Crippen LogP) is 0.349. The molecule has 18 heavy (non-hydrogen) atoms. The van der Waals surface area contributed by atoms with Crippen molar-refractivity contribution in [2.75, 3.05) is 5.73 Å². The van der Waals surface area contributed by atoms with Crippen LogP contribution in [0.3, 0.4) is 0 Å². The van der Waals surface area contributed by atoms with E-state index in [0.29, 0.717) is 0 Å². The summed E-state index contributed by atoms with van der Waals surface area (Å²) in [5.41, 5.74) is 4.27. The van der Waals surface area contributed by atoms with Crippen LogP contribution in [0.2, 0.25) is 0 Å². The van der Waals surface area contributed by atoms with Crippen LogP contribution < -0.4 is 10.5 Å². The van der Waals surface area contributed by atoms with Crippen LogP contribution in [0.25, 0.3) is 0 Å². The molecule has 0 saturated heterocycles. The molecule has 100 valence electrons. The summed E-state index contributed by atoms with van der Waals surface area (Å²) in [6.45, 7) is 0. The largest absolute Gasteiger partial charge is 0.394 e. The maximum absolute atomic E-state index is 13.6. The number of sulfonamides is 1. The van der Waals surface area contributed by atoms with E-state index in [0.717, 1.165) is 12.1 Å². The first-order chi connectivity index (χ1) is 8.31. The van der Waals surface area contributed by atoms with Crippen LogP contribution >= 0.6 is 0 Å². The lowest BCUT2D eigenvalue weighted by atomic mass is 9.91. The van der Waals surface area contributed by atoms with Gasteiger partial charge in [0.2, 0.25) is 10.0 Å². The van der Waals surface area contributed by atoms with E-state index >= 15 is 0 Å². The summed E-state index contributed by atoms with van der Waals surface area (Å²) in [7, 11) is -4.10. The molecule has 1 aromatic carbocycles. The molecule has 0 bridgehead atoms. The van der Waals surface area contributed by atoms with Crippen molar-refractivity contribution in [3.05, 3.63) is 23.8 Å². The molecule has 0 amide bonds. The van der Waals surface area contributed by atoms with Crippen LogP contribution in [0.5, 0.6) is 0 Å². The summed E-state index contributed by atoms with van der Waals surface area (Å²) in [4.78, 5) is -0.692. The summed E-state index contributed by atoms with van der Waals surface area (Å²) >= 11 is 0. The van der Waals surface area contributed by atoms with Gasteiger partial charge < -0.3 is 10.8 Å². The van der Waals surface area contributed by atoms with Crippen molar-refractivity contribution in [2.45, 2.75) is 29.9 Å². The highest BCUT2D eigenvalue weighted by atomic mass is 32.2. The summed E-state index contributed by atoms with van der Waals surface area (Å²) in [5, 5.41) is 9.04. The van der Waals surface area contributed by atoms with Crippen molar-refractivity contribution in [1.82, 2.24) is 4.72 Å². The molecule has 1 aliphatic rings. The van der Waals surface area contributed by atoms with Crippen molar-refractivity contribution in [1.29, 1.82) is 0 Å². The SMILES string of the molecule is Nc1c(F)ccc(S(=O)(=O)NC2CC(O)C2)c1F. The number of anilines is 1. The van der Waals surface area contributed by atoms with Crippen LogP contribution in [-0.4, -0.2) is 25.7 Å². The Labute approximate surface area is 103 Å². The second-order valence-corrected chi connectivity index (χ2v) is 5.90. The third-order valence-corrected chi connectivity index (χ3v) is 4.35. The number of halogens is 2. The van der Waals surface area contributed by atoms with E-state index in [9.17, 15) is 17.2 Å². The topological polar surface area (TPSA) is 92.4 Å². The molecule has 1 aliphatic carbocycles. The maximum Gasteiger partial charge on any atom is 0.243 e. The fraction of sp³-hybridized carbons (Fsp3) is 0.400. The van der Waals surface area contributed by atoms with Crippen LogP contribution in [-0.2, 0) is 10.0 Å². The average Bonchev–Trinajstić information content (AvgIpc) is 2.23. The summed E-state index contributed by atoms with van der Waals surface area (Å²) in [5.74, 6) is -2.31. The predicted molar refractivity (Wildman–Crippen MR) is 60.1 cm³/mol. The lowest BCUT2D eigenvalue weighted by Crippen LogP contribution is -2.46. The molecule has 5 nitrogen and oxygen atoms in total. The monoisotopic (exact) mass is 278 g/mol. The van der Waals surface area contributed by atoms with Gasteiger partial charge in [-0.2, -0.15) is 0 Å². The van der Waals surface area contributed by atoms with Gasteiger partial charge in [0.15, 0.2) is 5.82 Å². The molecule has 1 aromatic rings. The van der Waals surface area contributed by atoms with Gasteiger partial charge in [0.25, 0.3) is 0 Å². The molecule has 1 fully saturated rings. The average molecular weight is 278 g/mol. The first kappa shape index (κ1) is 13.2. The van der Waals surface area contributed by atoms with Crippen LogP contribution in [0.4, 0.5) is 14.5 Å². The van der Waals surface area contributed by atoms with Crippen LogP contribution in [0.1, 0.15) is 12.8 Å². The van der Waals surface area contributed by atoms with E-state index in [1.807, 2.05) is 0 Å². The molecular weight excluding hydrogens is 266 g/mol. The highest BCUT2D eigenvalue weighted by Crippen LogP contribution is 2.25. The smallest absolute Gasteiger partial charge is 0.243 e. The number of nitrogens with one attached hydrogen (secondary N) is 1. The van der Waals surface area contributed by atoms with Gasteiger partial charge in [-0.3, -0.25) is 0 Å². The fourth-order valence-corrected chi connectivity index (χ4v) is 3.08. The minimum absolute atomic E-state index is 0.275. The molecule has 4 N–H and O–H groups in total. The van der Waals surface area contributed by atoms with Gasteiger partial charge in [-0.25, -0.2) is 21.9 Å². The number of hydrogen-bond donors (Lipinski definition) is 3. The van der Waals surface area contributed by atoms with Crippen LogP contribution in [0.15, 0.2) is 17.0 Å². The minimum Gasteiger partial charge on any atom is -0.394 e. The van der Waals surface area contributed by atoms with Crippen molar-refractivity contribution >= 4 is 15.7 Å². The first-order valence-electron chi connectivity index (χ1n) is 5.25. The Bertz CT molecular complexity index is 571. The highest BCUT2D eigenvalue weighted by Gasteiger charge is 2.32. The second kappa shape index (κ2) is 4.45. The maximum atomic E-state index is 13.6. The van der Waals surface area contributed by atoms with Gasteiger partial charge in [-0.15, -0.1) is 0 Å². The molecular formula is C10H12F2N2O3S. The van der Waals surface area contributed by atoms with Gasteiger partial charge >= 0.3 is 0 Å². The van der Waals surface area contributed by atoms with Gasteiger partial charge in [0, 0.05) is 6.04 Å². The molecule has 0 atom stereocenters. The Balaban J connectivity index is 2.27. The molecule has 0 radical (unpaired) electrons. The second-order valence-electron chi connectivity index (χ2n) is 4.22. The van der Waals surface area contributed by atoms with E-state index in [1.54, 1.807) is 0 Å². The van der Waals surface area contributed by atoms with Gasteiger partial charge in [0.05, 0.1) is 6.10 Å².